The first kappa shape index (κ1) is 10.8. The van der Waals surface area contributed by atoms with Crippen molar-refractivity contribution >= 4 is 23.4 Å². The van der Waals surface area contributed by atoms with Crippen molar-refractivity contribution in [1.82, 2.24) is 0 Å². The quantitative estimate of drug-likeness (QED) is 0.567. The van der Waals surface area contributed by atoms with Crippen LogP contribution in [0.25, 0.3) is 0 Å². The molecule has 0 aliphatic heterocycles. The third-order valence-corrected chi connectivity index (χ3v) is 1.78. The second-order valence-electron chi connectivity index (χ2n) is 2.51. The van der Waals surface area contributed by atoms with Crippen LogP contribution in [0.3, 0.4) is 0 Å². The molecule has 0 bridgehead atoms. The van der Waals surface area contributed by atoms with Crippen molar-refractivity contribution in [1.29, 1.82) is 0 Å². The number of carbonyl (C=O) groups is 1. The number of ether oxygens (including phenoxy) is 1. The van der Waals surface area contributed by atoms with Crippen LogP contribution in [-0.4, -0.2) is 17.9 Å². The van der Waals surface area contributed by atoms with Gasteiger partial charge >= 0.3 is 6.09 Å². The molecule has 1 aromatic rings. The molecule has 0 aliphatic carbocycles. The minimum absolute atomic E-state index is 0.269. The minimum atomic E-state index is -0.553. The van der Waals surface area contributed by atoms with Gasteiger partial charge in [0.05, 0.1) is 5.55 Å². The standard InChI is InChI=1S/C10H11NO2S/c1-14-8-11-10(12)13-7-9-5-3-2-4-6-9/h2-6,8H,7H2,1H3. The molecular formula is C10H11NO2S. The van der Waals surface area contributed by atoms with Crippen LogP contribution in [0.4, 0.5) is 4.79 Å². The Hall–Kier alpha value is -1.29. The lowest BCUT2D eigenvalue weighted by molar-refractivity contribution is 0.151. The molecule has 0 unspecified atom stereocenters. The number of thioether (sulfide) groups is 1. The Morgan fingerprint density at radius 3 is 2.86 bits per heavy atom. The highest BCUT2D eigenvalue weighted by Gasteiger charge is 1.98. The summed E-state index contributed by atoms with van der Waals surface area (Å²) < 4.78 is 4.88. The number of amides is 1. The van der Waals surface area contributed by atoms with Crippen molar-refractivity contribution in [3.05, 3.63) is 35.9 Å². The molecular weight excluding hydrogens is 198 g/mol. The Kier molecular flexibility index (Phi) is 4.78. The molecule has 1 amide bonds. The van der Waals surface area contributed by atoms with E-state index in [9.17, 15) is 4.79 Å². The highest BCUT2D eigenvalue weighted by Crippen LogP contribution is 2.01. The number of rotatable bonds is 3. The fraction of sp³-hybridized carbons (Fsp3) is 0.200. The third kappa shape index (κ3) is 4.09. The number of nitrogens with zero attached hydrogens (tertiary/aromatic N) is 1. The van der Waals surface area contributed by atoms with Crippen molar-refractivity contribution in [2.24, 2.45) is 4.99 Å². The highest BCUT2D eigenvalue weighted by atomic mass is 32.2. The maximum absolute atomic E-state index is 10.9. The molecule has 0 saturated carbocycles. The molecule has 0 N–H and O–H groups in total. The minimum Gasteiger partial charge on any atom is -0.443 e. The van der Waals surface area contributed by atoms with Crippen LogP contribution >= 0.6 is 11.8 Å². The Labute approximate surface area is 87.2 Å². The Morgan fingerprint density at radius 1 is 1.50 bits per heavy atom. The topological polar surface area (TPSA) is 38.7 Å². The van der Waals surface area contributed by atoms with Crippen LogP contribution < -0.4 is 0 Å². The van der Waals surface area contributed by atoms with Gasteiger partial charge in [-0.2, -0.15) is 4.99 Å². The molecule has 0 aliphatic rings. The van der Waals surface area contributed by atoms with E-state index in [2.05, 4.69) is 4.99 Å². The summed E-state index contributed by atoms with van der Waals surface area (Å²) in [5.41, 5.74) is 2.41. The zero-order valence-corrected chi connectivity index (χ0v) is 8.66. The summed E-state index contributed by atoms with van der Waals surface area (Å²) in [6, 6.07) is 9.50. The van der Waals surface area contributed by atoms with E-state index < -0.39 is 6.09 Å². The molecule has 0 radical (unpaired) electrons. The van der Waals surface area contributed by atoms with E-state index in [-0.39, 0.29) is 6.61 Å². The maximum atomic E-state index is 10.9. The van der Waals surface area contributed by atoms with Gasteiger partial charge in [-0.1, -0.05) is 30.3 Å². The summed E-state index contributed by atoms with van der Waals surface area (Å²) in [6.07, 6.45) is 1.27. The van der Waals surface area contributed by atoms with E-state index in [0.29, 0.717) is 0 Å². The average molecular weight is 209 g/mol. The number of hydrogen-bond donors (Lipinski definition) is 0. The molecule has 1 rings (SSSR count). The SMILES string of the molecule is CSC=NC(=O)OCc1ccccc1. The van der Waals surface area contributed by atoms with Gasteiger partial charge in [-0.25, -0.2) is 4.79 Å². The van der Waals surface area contributed by atoms with Gasteiger partial charge in [0.2, 0.25) is 0 Å². The van der Waals surface area contributed by atoms with Crippen LogP contribution in [0.2, 0.25) is 0 Å². The van der Waals surface area contributed by atoms with Gasteiger partial charge in [0.25, 0.3) is 0 Å². The van der Waals surface area contributed by atoms with Gasteiger partial charge in [0.15, 0.2) is 0 Å². The zero-order chi connectivity index (χ0) is 10.2. The first-order valence-corrected chi connectivity index (χ1v) is 5.37. The van der Waals surface area contributed by atoms with Crippen LogP contribution in [0.15, 0.2) is 35.3 Å². The second-order valence-corrected chi connectivity index (χ2v) is 3.19. The summed E-state index contributed by atoms with van der Waals surface area (Å²) in [4.78, 5) is 14.5. The maximum Gasteiger partial charge on any atom is 0.434 e. The lowest BCUT2D eigenvalue weighted by Gasteiger charge is -2.00. The van der Waals surface area contributed by atoms with Crippen molar-refractivity contribution in [3.63, 3.8) is 0 Å². The van der Waals surface area contributed by atoms with E-state index in [4.69, 9.17) is 4.74 Å². The first-order chi connectivity index (χ1) is 6.83. The molecule has 0 aromatic heterocycles. The lowest BCUT2D eigenvalue weighted by atomic mass is 10.2. The molecule has 14 heavy (non-hydrogen) atoms. The molecule has 0 fully saturated rings. The normalized spacial score (nSPS) is 10.4. The summed E-state index contributed by atoms with van der Waals surface area (Å²) in [6.45, 7) is 0.269. The van der Waals surface area contributed by atoms with E-state index in [1.807, 2.05) is 36.6 Å². The molecule has 0 spiro atoms. The van der Waals surface area contributed by atoms with Crippen molar-refractivity contribution < 1.29 is 9.53 Å². The van der Waals surface area contributed by atoms with Gasteiger partial charge < -0.3 is 4.74 Å². The number of aliphatic imine (C=N–C) groups is 1. The molecule has 0 heterocycles. The van der Waals surface area contributed by atoms with Gasteiger partial charge in [-0.15, -0.1) is 11.8 Å². The fourth-order valence-electron chi connectivity index (χ4n) is 0.852. The number of benzene rings is 1. The van der Waals surface area contributed by atoms with Gasteiger partial charge in [0, 0.05) is 0 Å². The lowest BCUT2D eigenvalue weighted by Crippen LogP contribution is -1.98. The van der Waals surface area contributed by atoms with Gasteiger partial charge in [-0.3, -0.25) is 0 Å². The predicted octanol–water partition coefficient (Wildman–Crippen LogP) is 2.71. The molecule has 0 atom stereocenters. The summed E-state index contributed by atoms with van der Waals surface area (Å²) in [5, 5.41) is 0. The largest absolute Gasteiger partial charge is 0.443 e. The van der Waals surface area contributed by atoms with E-state index in [0.717, 1.165) is 5.56 Å². The molecule has 74 valence electrons. The predicted molar refractivity (Wildman–Crippen MR) is 58.6 cm³/mol. The van der Waals surface area contributed by atoms with Gasteiger partial charge in [-0.05, 0) is 11.8 Å². The Balaban J connectivity index is 2.34. The average Bonchev–Trinajstić information content (AvgIpc) is 2.25. The number of hydrogen-bond acceptors (Lipinski definition) is 3. The summed E-state index contributed by atoms with van der Waals surface area (Å²) in [7, 11) is 0. The summed E-state index contributed by atoms with van der Waals surface area (Å²) in [5.74, 6) is 0. The van der Waals surface area contributed by atoms with Crippen molar-refractivity contribution in [3.8, 4) is 0 Å². The smallest absolute Gasteiger partial charge is 0.434 e. The van der Waals surface area contributed by atoms with Crippen LogP contribution in [-0.2, 0) is 11.3 Å². The molecule has 0 saturated heterocycles. The molecule has 3 nitrogen and oxygen atoms in total. The Bertz CT molecular complexity index is 311. The van der Waals surface area contributed by atoms with Gasteiger partial charge in [0.1, 0.15) is 6.61 Å². The van der Waals surface area contributed by atoms with Crippen molar-refractivity contribution in [2.75, 3.05) is 6.26 Å². The third-order valence-electron chi connectivity index (χ3n) is 1.47. The fourth-order valence-corrected chi connectivity index (χ4v) is 1.04. The zero-order valence-electron chi connectivity index (χ0n) is 7.84. The van der Waals surface area contributed by atoms with Crippen LogP contribution in [0, 0.1) is 0 Å². The first-order valence-electron chi connectivity index (χ1n) is 4.09. The summed E-state index contributed by atoms with van der Waals surface area (Å²) >= 11 is 1.36. The van der Waals surface area contributed by atoms with Crippen LogP contribution in [0.1, 0.15) is 5.56 Å². The van der Waals surface area contributed by atoms with E-state index in [1.54, 1.807) is 0 Å². The molecule has 1 aromatic carbocycles. The highest BCUT2D eigenvalue weighted by molar-refractivity contribution is 8.11. The number of carbonyl (C=O) groups excluding carboxylic acids is 1. The second kappa shape index (κ2) is 6.21. The monoisotopic (exact) mass is 209 g/mol. The van der Waals surface area contributed by atoms with E-state index >= 15 is 0 Å². The van der Waals surface area contributed by atoms with Crippen molar-refractivity contribution in [2.45, 2.75) is 6.61 Å². The molecule has 4 heteroatoms. The van der Waals surface area contributed by atoms with E-state index in [1.165, 1.54) is 17.3 Å². The van der Waals surface area contributed by atoms with Crippen LogP contribution in [0.5, 0.6) is 0 Å². The Morgan fingerprint density at radius 2 is 2.21 bits per heavy atom.